The summed E-state index contributed by atoms with van der Waals surface area (Å²) in [5, 5.41) is 0. The molecule has 0 amide bonds. The van der Waals surface area contributed by atoms with Crippen LogP contribution < -0.4 is 0 Å². The maximum atomic E-state index is 11.9. The Hall–Kier alpha value is -1.83. The SMILES string of the molecule is O=C(c1ccn(Cc2ccccc2)c1)C1CC1. The summed E-state index contributed by atoms with van der Waals surface area (Å²) in [4.78, 5) is 11.9. The Balaban J connectivity index is 1.74. The Morgan fingerprint density at radius 3 is 2.65 bits per heavy atom. The fourth-order valence-corrected chi connectivity index (χ4v) is 2.06. The minimum atomic E-state index is 0.308. The average Bonchev–Trinajstić information content (AvgIpc) is 3.11. The lowest BCUT2D eigenvalue weighted by Gasteiger charge is -2.02. The molecule has 2 heteroatoms. The predicted molar refractivity (Wildman–Crippen MR) is 67.0 cm³/mol. The zero-order valence-corrected chi connectivity index (χ0v) is 9.67. The van der Waals surface area contributed by atoms with Crippen LogP contribution in [-0.2, 0) is 6.54 Å². The Morgan fingerprint density at radius 2 is 1.94 bits per heavy atom. The molecule has 1 heterocycles. The third kappa shape index (κ3) is 2.31. The molecule has 0 atom stereocenters. The highest BCUT2D eigenvalue weighted by Gasteiger charge is 2.30. The van der Waals surface area contributed by atoms with Gasteiger partial charge in [-0.1, -0.05) is 30.3 Å². The van der Waals surface area contributed by atoms with Crippen LogP contribution in [0.15, 0.2) is 48.8 Å². The largest absolute Gasteiger partial charge is 0.349 e. The Morgan fingerprint density at radius 1 is 1.18 bits per heavy atom. The van der Waals surface area contributed by atoms with Crippen LogP contribution in [-0.4, -0.2) is 10.4 Å². The van der Waals surface area contributed by atoms with Crippen LogP contribution >= 0.6 is 0 Å². The van der Waals surface area contributed by atoms with Gasteiger partial charge >= 0.3 is 0 Å². The van der Waals surface area contributed by atoms with Gasteiger partial charge in [0.25, 0.3) is 0 Å². The molecular weight excluding hydrogens is 210 g/mol. The molecule has 1 fully saturated rings. The Labute approximate surface area is 101 Å². The lowest BCUT2D eigenvalue weighted by atomic mass is 10.1. The zero-order chi connectivity index (χ0) is 11.7. The first-order chi connectivity index (χ1) is 8.33. The van der Waals surface area contributed by atoms with Crippen LogP contribution in [0.5, 0.6) is 0 Å². The van der Waals surface area contributed by atoms with Crippen LogP contribution in [0.3, 0.4) is 0 Å². The number of nitrogens with zero attached hydrogens (tertiary/aromatic N) is 1. The van der Waals surface area contributed by atoms with E-state index in [0.29, 0.717) is 11.7 Å². The molecule has 3 rings (SSSR count). The summed E-state index contributed by atoms with van der Waals surface area (Å²) in [5.41, 5.74) is 2.12. The number of hydrogen-bond acceptors (Lipinski definition) is 1. The quantitative estimate of drug-likeness (QED) is 0.733. The van der Waals surface area contributed by atoms with Crippen molar-refractivity contribution in [1.82, 2.24) is 4.57 Å². The highest BCUT2D eigenvalue weighted by atomic mass is 16.1. The first-order valence-corrected chi connectivity index (χ1v) is 6.07. The third-order valence-corrected chi connectivity index (χ3v) is 3.19. The van der Waals surface area contributed by atoms with Gasteiger partial charge in [-0.05, 0) is 24.5 Å². The molecule has 1 aliphatic rings. The zero-order valence-electron chi connectivity index (χ0n) is 9.67. The second-order valence-electron chi connectivity index (χ2n) is 4.70. The van der Waals surface area contributed by atoms with Gasteiger partial charge in [0.05, 0.1) is 0 Å². The molecule has 0 spiro atoms. The summed E-state index contributed by atoms with van der Waals surface area (Å²) in [7, 11) is 0. The van der Waals surface area contributed by atoms with Crippen molar-refractivity contribution in [1.29, 1.82) is 0 Å². The van der Waals surface area contributed by atoms with E-state index >= 15 is 0 Å². The maximum absolute atomic E-state index is 11.9. The lowest BCUT2D eigenvalue weighted by molar-refractivity contribution is 0.0967. The number of Topliss-reactive ketones (excluding diaryl/α,β-unsaturated/α-hetero) is 1. The van der Waals surface area contributed by atoms with Crippen molar-refractivity contribution in [3.8, 4) is 0 Å². The number of rotatable bonds is 4. The summed E-state index contributed by atoms with van der Waals surface area (Å²) in [6, 6.07) is 12.2. The van der Waals surface area contributed by atoms with Gasteiger partial charge in [0, 0.05) is 30.4 Å². The monoisotopic (exact) mass is 225 g/mol. The van der Waals surface area contributed by atoms with Gasteiger partial charge in [-0.15, -0.1) is 0 Å². The minimum Gasteiger partial charge on any atom is -0.349 e. The van der Waals surface area contributed by atoms with Crippen LogP contribution in [0.1, 0.15) is 28.8 Å². The lowest BCUT2D eigenvalue weighted by Crippen LogP contribution is -2.00. The molecule has 2 nitrogen and oxygen atoms in total. The third-order valence-electron chi connectivity index (χ3n) is 3.19. The van der Waals surface area contributed by atoms with E-state index in [1.807, 2.05) is 36.7 Å². The Kier molecular flexibility index (Phi) is 2.56. The summed E-state index contributed by atoms with van der Waals surface area (Å²) in [6.07, 6.45) is 6.10. The smallest absolute Gasteiger partial charge is 0.167 e. The topological polar surface area (TPSA) is 22.0 Å². The predicted octanol–water partition coefficient (Wildman–Crippen LogP) is 3.13. The van der Waals surface area contributed by atoms with Crippen molar-refractivity contribution >= 4 is 5.78 Å². The molecule has 0 unspecified atom stereocenters. The second-order valence-corrected chi connectivity index (χ2v) is 4.70. The molecule has 1 aliphatic carbocycles. The van der Waals surface area contributed by atoms with Gasteiger partial charge in [-0.2, -0.15) is 0 Å². The van der Waals surface area contributed by atoms with Crippen molar-refractivity contribution in [3.05, 3.63) is 59.9 Å². The molecule has 1 saturated carbocycles. The van der Waals surface area contributed by atoms with Crippen molar-refractivity contribution in [2.75, 3.05) is 0 Å². The Bertz CT molecular complexity index is 523. The molecular formula is C15H15NO. The van der Waals surface area contributed by atoms with Gasteiger partial charge in [-0.25, -0.2) is 0 Å². The first kappa shape index (κ1) is 10.3. The molecule has 86 valence electrons. The first-order valence-electron chi connectivity index (χ1n) is 6.07. The number of ketones is 1. The van der Waals surface area contributed by atoms with E-state index in [4.69, 9.17) is 0 Å². The van der Waals surface area contributed by atoms with Crippen molar-refractivity contribution in [2.45, 2.75) is 19.4 Å². The highest BCUT2D eigenvalue weighted by molar-refractivity contribution is 5.99. The van der Waals surface area contributed by atoms with Crippen molar-refractivity contribution in [3.63, 3.8) is 0 Å². The van der Waals surface area contributed by atoms with E-state index in [1.54, 1.807) is 0 Å². The summed E-state index contributed by atoms with van der Waals surface area (Å²) in [6.45, 7) is 0.832. The van der Waals surface area contributed by atoms with Gasteiger partial charge in [0.2, 0.25) is 0 Å². The number of carbonyl (C=O) groups excluding carboxylic acids is 1. The maximum Gasteiger partial charge on any atom is 0.167 e. The number of carbonyl (C=O) groups is 1. The molecule has 0 saturated heterocycles. The van der Waals surface area contributed by atoms with E-state index in [-0.39, 0.29) is 0 Å². The molecule has 0 bridgehead atoms. The van der Waals surface area contributed by atoms with E-state index in [9.17, 15) is 4.79 Å². The van der Waals surface area contributed by atoms with Crippen LogP contribution in [0.2, 0.25) is 0 Å². The summed E-state index contributed by atoms with van der Waals surface area (Å²) < 4.78 is 2.07. The highest BCUT2D eigenvalue weighted by Crippen LogP contribution is 2.32. The van der Waals surface area contributed by atoms with E-state index in [2.05, 4.69) is 16.7 Å². The van der Waals surface area contributed by atoms with E-state index in [1.165, 1.54) is 5.56 Å². The number of benzene rings is 1. The van der Waals surface area contributed by atoms with Crippen molar-refractivity contribution < 1.29 is 4.79 Å². The number of aromatic nitrogens is 1. The fourth-order valence-electron chi connectivity index (χ4n) is 2.06. The molecule has 1 aromatic heterocycles. The van der Waals surface area contributed by atoms with Gasteiger partial charge in [0.15, 0.2) is 5.78 Å². The average molecular weight is 225 g/mol. The minimum absolute atomic E-state index is 0.308. The molecule has 0 aliphatic heterocycles. The van der Waals surface area contributed by atoms with Gasteiger partial charge in [-0.3, -0.25) is 4.79 Å². The summed E-state index contributed by atoms with van der Waals surface area (Å²) in [5.74, 6) is 0.624. The standard InChI is InChI=1S/C15H15NO/c17-15(13-6-7-13)14-8-9-16(11-14)10-12-4-2-1-3-5-12/h1-5,8-9,11,13H,6-7,10H2. The van der Waals surface area contributed by atoms with Gasteiger partial charge < -0.3 is 4.57 Å². The van der Waals surface area contributed by atoms with E-state index in [0.717, 1.165) is 24.9 Å². The second kappa shape index (κ2) is 4.21. The fraction of sp³-hybridized carbons (Fsp3) is 0.267. The molecule has 0 radical (unpaired) electrons. The van der Waals surface area contributed by atoms with E-state index < -0.39 is 0 Å². The van der Waals surface area contributed by atoms with Crippen molar-refractivity contribution in [2.24, 2.45) is 5.92 Å². The normalized spacial score (nSPS) is 14.8. The van der Waals surface area contributed by atoms with Crippen LogP contribution in [0.25, 0.3) is 0 Å². The number of hydrogen-bond donors (Lipinski definition) is 0. The molecule has 17 heavy (non-hydrogen) atoms. The van der Waals surface area contributed by atoms with Crippen LogP contribution in [0.4, 0.5) is 0 Å². The molecule has 1 aromatic carbocycles. The molecule has 0 N–H and O–H groups in total. The summed E-state index contributed by atoms with van der Waals surface area (Å²) >= 11 is 0. The molecule has 2 aromatic rings. The van der Waals surface area contributed by atoms with Gasteiger partial charge in [0.1, 0.15) is 0 Å². The van der Waals surface area contributed by atoms with Crippen LogP contribution in [0, 0.1) is 5.92 Å².